The van der Waals surface area contributed by atoms with E-state index in [1.54, 1.807) is 11.0 Å². The fourth-order valence-corrected chi connectivity index (χ4v) is 4.45. The fourth-order valence-electron chi connectivity index (χ4n) is 4.45. The highest BCUT2D eigenvalue weighted by Crippen LogP contribution is 2.48. The van der Waals surface area contributed by atoms with Gasteiger partial charge in [0.1, 0.15) is 0 Å². The van der Waals surface area contributed by atoms with Crippen molar-refractivity contribution in [1.29, 1.82) is 0 Å². The molecule has 0 aromatic heterocycles. The molecule has 1 heterocycles. The molecule has 1 saturated heterocycles. The number of nitrogens with one attached hydrogen (secondary N) is 1. The smallest absolute Gasteiger partial charge is 0.236 e. The van der Waals surface area contributed by atoms with Gasteiger partial charge >= 0.3 is 0 Å². The molecule has 5 nitrogen and oxygen atoms in total. The van der Waals surface area contributed by atoms with Crippen LogP contribution in [0.4, 0.5) is 10.1 Å². The molecule has 1 fully saturated rings. The topological polar surface area (TPSA) is 58.6 Å². The van der Waals surface area contributed by atoms with Gasteiger partial charge in [-0.1, -0.05) is 36.4 Å². The summed E-state index contributed by atoms with van der Waals surface area (Å²) < 4.78 is 19.0. The van der Waals surface area contributed by atoms with E-state index in [0.29, 0.717) is 31.5 Å². The molecule has 0 radical (unpaired) electrons. The van der Waals surface area contributed by atoms with Gasteiger partial charge in [0.05, 0.1) is 19.1 Å². The van der Waals surface area contributed by atoms with Crippen molar-refractivity contribution in [2.45, 2.75) is 38.6 Å². The van der Waals surface area contributed by atoms with Gasteiger partial charge < -0.3 is 15.0 Å². The van der Waals surface area contributed by atoms with Crippen LogP contribution in [0.25, 0.3) is 0 Å². The predicted molar refractivity (Wildman–Crippen MR) is 112 cm³/mol. The summed E-state index contributed by atoms with van der Waals surface area (Å²) in [6.45, 7) is 0.442. The van der Waals surface area contributed by atoms with Crippen molar-refractivity contribution < 1.29 is 18.7 Å². The van der Waals surface area contributed by atoms with Crippen LogP contribution in [0.1, 0.15) is 37.7 Å². The third kappa shape index (κ3) is 3.70. The molecule has 1 unspecified atom stereocenters. The number of ether oxygens (including phenoxy) is 1. The summed E-state index contributed by atoms with van der Waals surface area (Å²) in [5, 5.41) is 2.88. The number of likely N-dealkylation sites (tertiary alicyclic amines) is 1. The fraction of sp³-hybridized carbons (Fsp3) is 0.333. The normalized spacial score (nSPS) is 20.9. The van der Waals surface area contributed by atoms with Gasteiger partial charge in [0.2, 0.25) is 11.8 Å². The summed E-state index contributed by atoms with van der Waals surface area (Å²) in [7, 11) is 1.40. The van der Waals surface area contributed by atoms with E-state index in [9.17, 15) is 14.0 Å². The van der Waals surface area contributed by atoms with Gasteiger partial charge in [0, 0.05) is 23.9 Å². The minimum absolute atomic E-state index is 0.0333. The Kier molecular flexibility index (Phi) is 5.57. The Labute approximate surface area is 175 Å². The maximum atomic E-state index is 14.1. The van der Waals surface area contributed by atoms with Crippen LogP contribution in [0.2, 0.25) is 0 Å². The van der Waals surface area contributed by atoms with Crippen LogP contribution < -0.4 is 10.1 Å². The first-order valence-corrected chi connectivity index (χ1v) is 10.2. The highest BCUT2D eigenvalue weighted by Gasteiger charge is 2.49. The molecule has 1 N–H and O–H groups in total. The summed E-state index contributed by atoms with van der Waals surface area (Å²) >= 11 is 0. The number of piperidine rings is 1. The first-order valence-electron chi connectivity index (χ1n) is 10.2. The van der Waals surface area contributed by atoms with Crippen LogP contribution in [0, 0.1) is 11.2 Å². The molecule has 4 rings (SSSR count). The molecule has 2 aliphatic rings. The van der Waals surface area contributed by atoms with Gasteiger partial charge in [-0.05, 0) is 43.4 Å². The highest BCUT2D eigenvalue weighted by atomic mass is 19.1. The van der Waals surface area contributed by atoms with Crippen LogP contribution in [0.15, 0.2) is 60.3 Å². The Morgan fingerprint density at radius 1 is 1.20 bits per heavy atom. The van der Waals surface area contributed by atoms with Crippen molar-refractivity contribution in [3.05, 3.63) is 71.7 Å². The Bertz CT molecular complexity index is 989. The first-order chi connectivity index (χ1) is 14.5. The van der Waals surface area contributed by atoms with Crippen molar-refractivity contribution in [1.82, 2.24) is 4.90 Å². The van der Waals surface area contributed by atoms with Crippen LogP contribution in [-0.4, -0.2) is 23.8 Å². The number of benzene rings is 2. The lowest BCUT2D eigenvalue weighted by Gasteiger charge is -2.46. The molecule has 156 valence electrons. The molecule has 2 aromatic carbocycles. The largest absolute Gasteiger partial charge is 0.494 e. The quantitative estimate of drug-likeness (QED) is 0.784. The number of carbonyl (C=O) groups excluding carboxylic acids is 2. The number of nitrogens with zero attached hydrogens (tertiary/aromatic N) is 1. The summed E-state index contributed by atoms with van der Waals surface area (Å²) in [6, 6.07) is 14.2. The van der Waals surface area contributed by atoms with Crippen molar-refractivity contribution in [3.8, 4) is 5.75 Å². The summed E-state index contributed by atoms with van der Waals surface area (Å²) in [4.78, 5) is 28.0. The highest BCUT2D eigenvalue weighted by molar-refractivity contribution is 5.99. The second kappa shape index (κ2) is 8.30. The predicted octanol–water partition coefficient (Wildman–Crippen LogP) is 4.65. The number of hydrogen-bond donors (Lipinski definition) is 1. The minimum atomic E-state index is -0.780. The van der Waals surface area contributed by atoms with Gasteiger partial charge in [-0.2, -0.15) is 0 Å². The Morgan fingerprint density at radius 2 is 2.00 bits per heavy atom. The molecular formula is C24H25FN2O3. The molecule has 6 heteroatoms. The number of methoxy groups -OCH3 is 1. The maximum absolute atomic E-state index is 14.1. The molecule has 1 aliphatic heterocycles. The van der Waals surface area contributed by atoms with E-state index in [2.05, 4.69) is 5.32 Å². The maximum Gasteiger partial charge on any atom is 0.236 e. The van der Waals surface area contributed by atoms with Gasteiger partial charge in [-0.25, -0.2) is 4.39 Å². The third-order valence-corrected chi connectivity index (χ3v) is 6.02. The standard InChI is InChI=1S/C24H25FN2O3/c1-30-20-11-10-18(15-19(20)25)26-23(29)24-13-6-5-9-21(24)27(22(28)12-14-24)16-17-7-3-2-4-8-17/h2-4,7-11,15H,5-6,12-14,16H2,1H3,(H,26,29). The summed E-state index contributed by atoms with van der Waals surface area (Å²) in [5.41, 5.74) is 1.40. The van der Waals surface area contributed by atoms with Gasteiger partial charge in [0.25, 0.3) is 0 Å². The van der Waals surface area contributed by atoms with Crippen LogP contribution in [-0.2, 0) is 16.1 Å². The molecule has 2 aromatic rings. The number of allylic oxidation sites excluding steroid dienone is 1. The van der Waals surface area contributed by atoms with E-state index in [0.717, 1.165) is 24.1 Å². The number of amides is 2. The molecule has 1 atom stereocenters. The Hall–Kier alpha value is -3.15. The third-order valence-electron chi connectivity index (χ3n) is 6.02. The molecular weight excluding hydrogens is 383 g/mol. The monoisotopic (exact) mass is 408 g/mol. The number of hydrogen-bond acceptors (Lipinski definition) is 3. The lowest BCUT2D eigenvalue weighted by molar-refractivity contribution is -0.138. The lowest BCUT2D eigenvalue weighted by atomic mass is 9.69. The summed E-state index contributed by atoms with van der Waals surface area (Å²) in [5.74, 6) is -0.562. The average Bonchev–Trinajstić information content (AvgIpc) is 2.76. The zero-order valence-electron chi connectivity index (χ0n) is 17.0. The Balaban J connectivity index is 1.62. The SMILES string of the molecule is COc1ccc(NC(=O)C23CCCC=C2N(Cc2ccccc2)C(=O)CC3)cc1F. The van der Waals surface area contributed by atoms with E-state index < -0.39 is 11.2 Å². The number of carbonyl (C=O) groups is 2. The van der Waals surface area contributed by atoms with Crippen LogP contribution in [0.5, 0.6) is 5.75 Å². The molecule has 0 bridgehead atoms. The van der Waals surface area contributed by atoms with Crippen LogP contribution >= 0.6 is 0 Å². The molecule has 0 saturated carbocycles. The Morgan fingerprint density at radius 3 is 2.73 bits per heavy atom. The first kappa shape index (κ1) is 20.1. The van der Waals surface area contributed by atoms with E-state index in [1.165, 1.54) is 19.2 Å². The zero-order valence-corrected chi connectivity index (χ0v) is 17.0. The lowest BCUT2D eigenvalue weighted by Crippen LogP contribution is -2.50. The molecule has 2 amide bonds. The van der Waals surface area contributed by atoms with Crippen LogP contribution in [0.3, 0.4) is 0 Å². The zero-order chi connectivity index (χ0) is 21.1. The minimum Gasteiger partial charge on any atom is -0.494 e. The van der Waals surface area contributed by atoms with Crippen molar-refractivity contribution in [3.63, 3.8) is 0 Å². The van der Waals surface area contributed by atoms with Crippen molar-refractivity contribution in [2.75, 3.05) is 12.4 Å². The second-order valence-corrected chi connectivity index (χ2v) is 7.83. The van der Waals surface area contributed by atoms with Gasteiger partial charge in [-0.3, -0.25) is 9.59 Å². The van der Waals surface area contributed by atoms with Crippen molar-refractivity contribution in [2.24, 2.45) is 5.41 Å². The number of anilines is 1. The van der Waals surface area contributed by atoms with E-state index in [1.807, 2.05) is 36.4 Å². The van der Waals surface area contributed by atoms with E-state index in [-0.39, 0.29) is 17.6 Å². The summed E-state index contributed by atoms with van der Waals surface area (Å²) in [6.07, 6.45) is 5.18. The van der Waals surface area contributed by atoms with Gasteiger partial charge in [0.15, 0.2) is 11.6 Å². The number of halogens is 1. The molecule has 30 heavy (non-hydrogen) atoms. The number of fused-ring (bicyclic) bond motifs is 1. The molecule has 0 spiro atoms. The molecule has 1 aliphatic carbocycles. The van der Waals surface area contributed by atoms with Crippen molar-refractivity contribution >= 4 is 17.5 Å². The second-order valence-electron chi connectivity index (χ2n) is 7.83. The van der Waals surface area contributed by atoms with E-state index in [4.69, 9.17) is 4.74 Å². The average molecular weight is 408 g/mol. The van der Waals surface area contributed by atoms with E-state index >= 15 is 0 Å². The van der Waals surface area contributed by atoms with Gasteiger partial charge in [-0.15, -0.1) is 0 Å². The number of rotatable bonds is 5.